The summed E-state index contributed by atoms with van der Waals surface area (Å²) in [6.07, 6.45) is 0. The largest absolute Gasteiger partial charge is 0.508 e. The van der Waals surface area contributed by atoms with Gasteiger partial charge in [0.05, 0.1) is 0 Å². The highest BCUT2D eigenvalue weighted by molar-refractivity contribution is 5.18. The van der Waals surface area contributed by atoms with Gasteiger partial charge in [0.25, 0.3) is 0 Å². The molecule has 0 aliphatic heterocycles. The van der Waals surface area contributed by atoms with Crippen molar-refractivity contribution in [2.24, 2.45) is 0 Å². The van der Waals surface area contributed by atoms with Gasteiger partial charge in [-0.2, -0.15) is 0 Å². The first-order valence-electron chi connectivity index (χ1n) is 2.50. The Morgan fingerprint density at radius 1 is 1.00 bits per heavy atom. The van der Waals surface area contributed by atoms with E-state index in [1.54, 1.807) is 24.3 Å². The van der Waals surface area contributed by atoms with E-state index in [-0.39, 0.29) is 0 Å². The van der Waals surface area contributed by atoms with Crippen LogP contribution in [0.2, 0.25) is 0 Å². The van der Waals surface area contributed by atoms with Gasteiger partial charge >= 0.3 is 0 Å². The minimum Gasteiger partial charge on any atom is -0.508 e. The second kappa shape index (κ2) is 6.03. The Morgan fingerprint density at radius 3 is 1.60 bits per heavy atom. The number of hydrogen-bond donors (Lipinski definition) is 3. The zero-order chi connectivity index (χ0) is 7.82. The molecule has 4 nitrogen and oxygen atoms in total. The fourth-order valence-electron chi connectivity index (χ4n) is 0.428. The molecule has 0 bridgehead atoms. The van der Waals surface area contributed by atoms with E-state index in [0.29, 0.717) is 5.75 Å². The van der Waals surface area contributed by atoms with E-state index < -0.39 is 0 Å². The summed E-state index contributed by atoms with van der Waals surface area (Å²) < 4.78 is 0. The predicted molar refractivity (Wildman–Crippen MR) is 34.4 cm³/mol. The van der Waals surface area contributed by atoms with Crippen molar-refractivity contribution < 1.29 is 20.7 Å². The molecule has 0 unspecified atom stereocenters. The molecule has 0 saturated heterocycles. The number of phenols is 1. The van der Waals surface area contributed by atoms with Crippen molar-refractivity contribution in [2.75, 3.05) is 0 Å². The lowest BCUT2D eigenvalue weighted by molar-refractivity contribution is -0.465. The lowest BCUT2D eigenvalue weighted by Crippen LogP contribution is -1.60. The minimum atomic E-state index is 0.322. The van der Waals surface area contributed by atoms with Crippen molar-refractivity contribution in [1.29, 1.82) is 0 Å². The molecule has 0 amide bonds. The van der Waals surface area contributed by atoms with E-state index >= 15 is 0 Å². The summed E-state index contributed by atoms with van der Waals surface area (Å²) in [5, 5.41) is 24.1. The molecular formula is C6H8O4. The molecule has 1 rings (SSSR count). The summed E-state index contributed by atoms with van der Waals surface area (Å²) in [7, 11) is 0. The van der Waals surface area contributed by atoms with Crippen LogP contribution in [0.5, 0.6) is 5.75 Å². The van der Waals surface area contributed by atoms with Crippen molar-refractivity contribution in [3.8, 4) is 5.75 Å². The van der Waals surface area contributed by atoms with Gasteiger partial charge in [-0.25, -0.2) is 10.5 Å². The lowest BCUT2D eigenvalue weighted by atomic mass is 10.3. The number of para-hydroxylation sites is 1. The van der Waals surface area contributed by atoms with E-state index in [9.17, 15) is 0 Å². The highest BCUT2D eigenvalue weighted by atomic mass is 17.4. The zero-order valence-corrected chi connectivity index (χ0v) is 5.14. The van der Waals surface area contributed by atoms with Crippen molar-refractivity contribution in [3.63, 3.8) is 0 Å². The van der Waals surface area contributed by atoms with Gasteiger partial charge in [0.2, 0.25) is 0 Å². The molecule has 4 heteroatoms. The summed E-state index contributed by atoms with van der Waals surface area (Å²) in [5.74, 6) is 0.322. The van der Waals surface area contributed by atoms with Gasteiger partial charge in [-0.15, -0.1) is 0 Å². The molecule has 0 spiro atoms. The van der Waals surface area contributed by atoms with Crippen LogP contribution in [-0.4, -0.2) is 15.6 Å². The lowest BCUT2D eigenvalue weighted by Gasteiger charge is -1.82. The van der Waals surface area contributed by atoms with Gasteiger partial charge in [-0.05, 0) is 12.1 Å². The third kappa shape index (κ3) is 5.04. The molecule has 1 aromatic carbocycles. The fraction of sp³-hybridized carbons (Fsp3) is 0. The average molecular weight is 144 g/mol. The number of benzene rings is 1. The van der Waals surface area contributed by atoms with Crippen molar-refractivity contribution in [1.82, 2.24) is 0 Å². The maximum atomic E-state index is 8.63. The monoisotopic (exact) mass is 144 g/mol. The fourth-order valence-corrected chi connectivity index (χ4v) is 0.428. The Kier molecular flexibility index (Phi) is 5.36. The molecule has 56 valence electrons. The first-order valence-corrected chi connectivity index (χ1v) is 2.50. The Balaban J connectivity index is 0.000000236. The van der Waals surface area contributed by atoms with Gasteiger partial charge < -0.3 is 5.11 Å². The molecule has 0 aliphatic carbocycles. The molecule has 1 aromatic rings. The standard InChI is InChI=1S/C6H6O.H2O3/c7-6-4-2-1-3-5-6;1-3-2/h1-5,7H;1-2H. The minimum absolute atomic E-state index is 0.322. The molecule has 10 heavy (non-hydrogen) atoms. The molecule has 0 radical (unpaired) electrons. The highest BCUT2D eigenvalue weighted by Gasteiger charge is 1.74. The molecule has 0 saturated carbocycles. The Bertz CT molecular complexity index is 151. The number of rotatable bonds is 0. The van der Waals surface area contributed by atoms with Crippen molar-refractivity contribution in [3.05, 3.63) is 30.3 Å². The summed E-state index contributed by atoms with van der Waals surface area (Å²) >= 11 is 0. The molecule has 0 aromatic heterocycles. The second-order valence-electron chi connectivity index (χ2n) is 1.42. The van der Waals surface area contributed by atoms with E-state index in [1.165, 1.54) is 0 Å². The zero-order valence-electron chi connectivity index (χ0n) is 5.14. The first kappa shape index (κ1) is 8.90. The average Bonchev–Trinajstić information content (AvgIpc) is 1.91. The first-order chi connectivity index (χ1) is 4.81. The third-order valence-electron chi connectivity index (χ3n) is 0.756. The molecule has 0 heterocycles. The van der Waals surface area contributed by atoms with Crippen molar-refractivity contribution in [2.45, 2.75) is 0 Å². The number of hydrogen-bond acceptors (Lipinski definition) is 4. The van der Waals surface area contributed by atoms with Crippen LogP contribution in [-0.2, 0) is 5.04 Å². The van der Waals surface area contributed by atoms with E-state index in [0.717, 1.165) is 0 Å². The van der Waals surface area contributed by atoms with E-state index in [4.69, 9.17) is 15.6 Å². The van der Waals surface area contributed by atoms with Crippen molar-refractivity contribution >= 4 is 0 Å². The van der Waals surface area contributed by atoms with Crippen LogP contribution in [0.4, 0.5) is 0 Å². The highest BCUT2D eigenvalue weighted by Crippen LogP contribution is 2.02. The van der Waals surface area contributed by atoms with Crippen LogP contribution in [0.25, 0.3) is 0 Å². The van der Waals surface area contributed by atoms with Crippen LogP contribution in [0.3, 0.4) is 0 Å². The molecule has 0 fully saturated rings. The van der Waals surface area contributed by atoms with Gasteiger partial charge in [-0.3, -0.25) is 0 Å². The molecular weight excluding hydrogens is 136 g/mol. The van der Waals surface area contributed by atoms with Gasteiger partial charge in [0.1, 0.15) is 5.75 Å². The van der Waals surface area contributed by atoms with Crippen LogP contribution in [0.1, 0.15) is 0 Å². The van der Waals surface area contributed by atoms with Gasteiger partial charge in [0, 0.05) is 0 Å². The van der Waals surface area contributed by atoms with Crippen LogP contribution >= 0.6 is 0 Å². The van der Waals surface area contributed by atoms with E-state index in [1.807, 2.05) is 6.07 Å². The summed E-state index contributed by atoms with van der Waals surface area (Å²) in [6.45, 7) is 0. The maximum absolute atomic E-state index is 8.63. The SMILES string of the molecule is OOO.Oc1ccccc1. The summed E-state index contributed by atoms with van der Waals surface area (Å²) in [5.41, 5.74) is 0. The summed E-state index contributed by atoms with van der Waals surface area (Å²) in [4.78, 5) is 0. The molecule has 3 N–H and O–H groups in total. The van der Waals surface area contributed by atoms with Crippen LogP contribution in [0.15, 0.2) is 30.3 Å². The Hall–Kier alpha value is -1.10. The van der Waals surface area contributed by atoms with Crippen LogP contribution in [0, 0.1) is 0 Å². The molecule has 0 atom stereocenters. The van der Waals surface area contributed by atoms with Crippen LogP contribution < -0.4 is 0 Å². The molecule has 0 aliphatic rings. The third-order valence-corrected chi connectivity index (χ3v) is 0.756. The predicted octanol–water partition coefficient (Wildman–Crippen LogP) is 1.34. The normalized spacial score (nSPS) is 7.80. The quantitative estimate of drug-likeness (QED) is 0.379. The number of aromatic hydroxyl groups is 1. The summed E-state index contributed by atoms with van der Waals surface area (Å²) in [6, 6.07) is 8.71. The second-order valence-corrected chi connectivity index (χ2v) is 1.42. The topological polar surface area (TPSA) is 69.9 Å². The Labute approximate surface area is 57.8 Å². The van der Waals surface area contributed by atoms with E-state index in [2.05, 4.69) is 5.04 Å². The van der Waals surface area contributed by atoms with Gasteiger partial charge in [0.15, 0.2) is 0 Å². The van der Waals surface area contributed by atoms with Gasteiger partial charge in [-0.1, -0.05) is 23.2 Å². The maximum Gasteiger partial charge on any atom is 0.115 e. The number of phenolic OH excluding ortho intramolecular Hbond substituents is 1. The smallest absolute Gasteiger partial charge is 0.115 e. The Morgan fingerprint density at radius 2 is 1.40 bits per heavy atom.